The molecule has 0 fully saturated rings. The third-order valence-electron chi connectivity index (χ3n) is 0.200. The van der Waals surface area contributed by atoms with Crippen LogP contribution in [0.1, 0.15) is 0 Å². The molecule has 12 heteroatoms. The minimum atomic E-state index is -5.02. The maximum Gasteiger partial charge on any atom is 0.425 e. The van der Waals surface area contributed by atoms with Gasteiger partial charge in [-0.2, -0.15) is 16.8 Å². The Morgan fingerprint density at radius 3 is 1.08 bits per heavy atom. The van der Waals surface area contributed by atoms with Gasteiger partial charge in [0.15, 0.2) is 0 Å². The highest BCUT2D eigenvalue weighted by Gasteiger charge is 2.13. The van der Waals surface area contributed by atoms with Crippen LogP contribution >= 0.6 is 16.3 Å². The Balaban J connectivity index is 0. The minimum Gasteiger partial charge on any atom is -0.324 e. The molecule has 0 radical (unpaired) electrons. The van der Waals surface area contributed by atoms with Crippen LogP contribution < -0.4 is 0 Å². The fourth-order valence-corrected chi connectivity index (χ4v) is 0.632. The van der Waals surface area contributed by atoms with Crippen molar-refractivity contribution in [2.75, 3.05) is 0 Å². The summed E-state index contributed by atoms with van der Waals surface area (Å²) in [6, 6.07) is 0. The number of hydrogen-bond acceptors (Lipinski definition) is 7. The van der Waals surface area contributed by atoms with E-state index in [1.165, 1.54) is 0 Å². The summed E-state index contributed by atoms with van der Waals surface area (Å²) >= 11 is 1.94. The zero-order chi connectivity index (χ0) is 10.4. The van der Waals surface area contributed by atoms with Crippen LogP contribution in [0, 0.1) is 0 Å². The highest BCUT2D eigenvalue weighted by Crippen LogP contribution is 1.92. The highest BCUT2D eigenvalue weighted by molar-refractivity contribution is 9.05. The molecule has 0 aromatic heterocycles. The van der Waals surface area contributed by atoms with Gasteiger partial charge in [0.2, 0.25) is 0 Å². The maximum atomic E-state index is 9.51. The molecule has 0 saturated carbocycles. The van der Waals surface area contributed by atoms with Gasteiger partial charge in [-0.15, -0.1) is 0 Å². The van der Waals surface area contributed by atoms with Crippen molar-refractivity contribution in [2.45, 2.75) is 0 Å². The quantitative estimate of drug-likeness (QED) is 0.332. The van der Waals surface area contributed by atoms with E-state index in [2.05, 4.69) is 8.67 Å². The van der Waals surface area contributed by atoms with Crippen molar-refractivity contribution < 1.29 is 38.8 Å². The molecule has 0 aliphatic rings. The van der Waals surface area contributed by atoms with E-state index in [1.807, 2.05) is 16.3 Å². The standard InChI is InChI=1S/BrHO.H2O8S2/c1-2;1-9(2,3)7-8-10(4,5)6/h2H;(H,1,2,3)(H,4,5,6). The van der Waals surface area contributed by atoms with Crippen LogP contribution in [0.5, 0.6) is 0 Å². The van der Waals surface area contributed by atoms with Crippen molar-refractivity contribution in [3.8, 4) is 0 Å². The Morgan fingerprint density at radius 1 is 0.833 bits per heavy atom. The van der Waals surface area contributed by atoms with Gasteiger partial charge in [0.25, 0.3) is 0 Å². The van der Waals surface area contributed by atoms with Crippen molar-refractivity contribution in [1.82, 2.24) is 0 Å². The van der Waals surface area contributed by atoms with E-state index in [0.29, 0.717) is 0 Å². The van der Waals surface area contributed by atoms with E-state index in [-0.39, 0.29) is 0 Å². The van der Waals surface area contributed by atoms with Crippen LogP contribution in [-0.4, -0.2) is 30.1 Å². The van der Waals surface area contributed by atoms with E-state index in [9.17, 15) is 16.8 Å². The summed E-state index contributed by atoms with van der Waals surface area (Å²) < 4.78 is 65.7. The summed E-state index contributed by atoms with van der Waals surface area (Å²) in [6.45, 7) is 0. The van der Waals surface area contributed by atoms with Gasteiger partial charge in [0, 0.05) is 0 Å². The van der Waals surface area contributed by atoms with Gasteiger partial charge < -0.3 is 4.20 Å². The molecule has 0 aliphatic carbocycles. The van der Waals surface area contributed by atoms with Gasteiger partial charge in [0.1, 0.15) is 0 Å². The molecule has 76 valence electrons. The largest absolute Gasteiger partial charge is 0.425 e. The van der Waals surface area contributed by atoms with Crippen molar-refractivity contribution in [1.29, 1.82) is 0 Å². The fraction of sp³-hybridized carbons (Fsp3) is 0. The summed E-state index contributed by atoms with van der Waals surface area (Å²) in [5.41, 5.74) is 0. The topological polar surface area (TPSA) is 147 Å². The molecule has 0 aromatic rings. The van der Waals surface area contributed by atoms with Crippen LogP contribution in [0.4, 0.5) is 0 Å². The lowest BCUT2D eigenvalue weighted by molar-refractivity contribution is -0.105. The van der Waals surface area contributed by atoms with Crippen LogP contribution in [0.25, 0.3) is 0 Å². The van der Waals surface area contributed by atoms with Gasteiger partial charge >= 0.3 is 20.8 Å². The lowest BCUT2D eigenvalue weighted by atomic mass is 14.9. The monoisotopic (exact) mass is 290 g/mol. The SMILES string of the molecule is O=S(=O)(O)OOS(=O)(=O)O.OBr. The normalized spacial score (nSPS) is 11.7. The first-order valence-corrected chi connectivity index (χ1v) is 5.14. The molecule has 0 aromatic carbocycles. The molecule has 0 aliphatic heterocycles. The molecule has 0 saturated heterocycles. The molecule has 0 unspecified atom stereocenters. The molecular weight excluding hydrogens is 288 g/mol. The van der Waals surface area contributed by atoms with Gasteiger partial charge in [-0.3, -0.25) is 9.11 Å². The molecule has 0 amide bonds. The van der Waals surface area contributed by atoms with Crippen molar-refractivity contribution >= 4 is 37.1 Å². The second kappa shape index (κ2) is 5.76. The Labute approximate surface area is 76.2 Å². The van der Waals surface area contributed by atoms with Crippen molar-refractivity contribution in [2.24, 2.45) is 0 Å². The molecule has 9 nitrogen and oxygen atoms in total. The summed E-state index contributed by atoms with van der Waals surface area (Å²) in [5, 5.41) is 0. The van der Waals surface area contributed by atoms with Gasteiger partial charge in [-0.1, -0.05) is 8.67 Å². The molecule has 0 spiro atoms. The van der Waals surface area contributed by atoms with Crippen molar-refractivity contribution in [3.63, 3.8) is 0 Å². The molecule has 0 heterocycles. The number of hydrogen-bond donors (Lipinski definition) is 3. The molecule has 0 rings (SSSR count). The first-order chi connectivity index (χ1) is 5.21. The maximum absolute atomic E-state index is 9.51. The predicted molar refractivity (Wildman–Crippen MR) is 36.4 cm³/mol. The van der Waals surface area contributed by atoms with E-state index in [0.717, 1.165) is 0 Å². The number of rotatable bonds is 3. The zero-order valence-electron chi connectivity index (χ0n) is 4.99. The first kappa shape index (κ1) is 14.7. The smallest absolute Gasteiger partial charge is 0.324 e. The highest BCUT2D eigenvalue weighted by atomic mass is 79.9. The zero-order valence-corrected chi connectivity index (χ0v) is 8.20. The van der Waals surface area contributed by atoms with Crippen LogP contribution in [0.15, 0.2) is 0 Å². The second-order valence-corrected chi connectivity index (χ2v) is 2.97. The third-order valence-corrected chi connectivity index (χ3v) is 0.766. The first-order valence-electron chi connectivity index (χ1n) is 1.70. The molecule has 0 bridgehead atoms. The second-order valence-electron chi connectivity index (χ2n) is 0.992. The van der Waals surface area contributed by atoms with E-state index in [4.69, 9.17) is 13.3 Å². The van der Waals surface area contributed by atoms with E-state index < -0.39 is 20.8 Å². The third kappa shape index (κ3) is 16.6. The molecule has 3 N–H and O–H groups in total. The van der Waals surface area contributed by atoms with Gasteiger partial charge in [-0.25, -0.2) is 0 Å². The Morgan fingerprint density at radius 2 is 1.00 bits per heavy atom. The van der Waals surface area contributed by atoms with Crippen LogP contribution in [-0.2, 0) is 29.5 Å². The average Bonchev–Trinajstić information content (AvgIpc) is 1.86. The van der Waals surface area contributed by atoms with Gasteiger partial charge in [-0.05, 0) is 0 Å². The summed E-state index contributed by atoms with van der Waals surface area (Å²) in [5.74, 6) is 0. The van der Waals surface area contributed by atoms with Crippen molar-refractivity contribution in [3.05, 3.63) is 0 Å². The van der Waals surface area contributed by atoms with Gasteiger partial charge in [0.05, 0.1) is 16.3 Å². The summed E-state index contributed by atoms with van der Waals surface area (Å²) in [4.78, 5) is 0. The van der Waals surface area contributed by atoms with Crippen LogP contribution in [0.2, 0.25) is 0 Å². The molecular formula is H3BrO9S2. The fourth-order valence-electron chi connectivity index (χ4n) is 0.0702. The van der Waals surface area contributed by atoms with E-state index >= 15 is 0 Å². The van der Waals surface area contributed by atoms with Crippen LogP contribution in [0.3, 0.4) is 0 Å². The predicted octanol–water partition coefficient (Wildman–Crippen LogP) is -1.17. The lowest BCUT2D eigenvalue weighted by Gasteiger charge is -1.92. The molecule has 0 atom stereocenters. The van der Waals surface area contributed by atoms with E-state index in [1.54, 1.807) is 0 Å². The summed E-state index contributed by atoms with van der Waals surface area (Å²) in [7, 11) is -10.0. The number of halogens is 1. The Hall–Kier alpha value is 0.180. The minimum absolute atomic E-state index is 1.94. The Kier molecular flexibility index (Phi) is 7.05. The Bertz CT molecular complexity index is 248. The average molecular weight is 291 g/mol. The lowest BCUT2D eigenvalue weighted by Crippen LogP contribution is -2.10. The molecule has 12 heavy (non-hydrogen) atoms. The summed E-state index contributed by atoms with van der Waals surface area (Å²) in [6.07, 6.45) is 0.